The normalized spacial score (nSPS) is 12.0. The number of fused-ring (bicyclic) bond motifs is 4. The summed E-state index contributed by atoms with van der Waals surface area (Å²) in [7, 11) is 0. The average molecular weight is 550 g/mol. The van der Waals surface area contributed by atoms with Crippen LogP contribution < -0.4 is 0 Å². The number of aryl methyl sites for hydroxylation is 2. The summed E-state index contributed by atoms with van der Waals surface area (Å²) in [6.07, 6.45) is 0. The first-order valence-electron chi connectivity index (χ1n) is 14.8. The van der Waals surface area contributed by atoms with E-state index in [1.165, 1.54) is 33.5 Å². The number of imidazole rings is 1. The highest BCUT2D eigenvalue weighted by molar-refractivity contribution is 6.10. The van der Waals surface area contributed by atoms with Crippen LogP contribution in [-0.2, 0) is 0 Å². The first-order chi connectivity index (χ1) is 20.3. The molecule has 7 rings (SSSR count). The van der Waals surface area contributed by atoms with Crippen LogP contribution in [0.3, 0.4) is 0 Å². The zero-order valence-electron chi connectivity index (χ0n) is 25.1. The van der Waals surface area contributed by atoms with Crippen molar-refractivity contribution < 1.29 is 4.42 Å². The molecule has 4 nitrogen and oxygen atoms in total. The summed E-state index contributed by atoms with van der Waals surface area (Å²) in [6.45, 7) is 13.3. The topological polar surface area (TPSA) is 43.9 Å². The zero-order valence-corrected chi connectivity index (χ0v) is 25.1. The maximum absolute atomic E-state index is 6.55. The van der Waals surface area contributed by atoms with Crippen molar-refractivity contribution in [2.45, 2.75) is 53.4 Å². The van der Waals surface area contributed by atoms with E-state index < -0.39 is 0 Å². The van der Waals surface area contributed by atoms with Crippen LogP contribution in [0.5, 0.6) is 0 Å². The minimum atomic E-state index is 0.298. The molecule has 208 valence electrons. The molecule has 0 atom stereocenters. The SMILES string of the molecule is Cc1ccc2c(n1)oc1c(-c3nc4ccccc4n3-c3c(C(C)C)cc(-c4ccccc4)cc3C(C)C)ccc(C)c12. The van der Waals surface area contributed by atoms with E-state index in [1.54, 1.807) is 0 Å². The van der Waals surface area contributed by atoms with Crippen molar-refractivity contribution in [1.29, 1.82) is 0 Å². The Labute approximate surface area is 246 Å². The maximum Gasteiger partial charge on any atom is 0.227 e. The molecule has 0 saturated carbocycles. The summed E-state index contributed by atoms with van der Waals surface area (Å²) < 4.78 is 8.93. The molecule has 0 aliphatic heterocycles. The molecule has 0 N–H and O–H groups in total. The summed E-state index contributed by atoms with van der Waals surface area (Å²) in [5.41, 5.74) is 12.9. The molecule has 7 aromatic rings. The number of nitrogens with zero attached hydrogens (tertiary/aromatic N) is 3. The van der Waals surface area contributed by atoms with E-state index in [9.17, 15) is 0 Å². The van der Waals surface area contributed by atoms with Gasteiger partial charge in [-0.05, 0) is 96.0 Å². The van der Waals surface area contributed by atoms with Crippen LogP contribution >= 0.6 is 0 Å². The maximum atomic E-state index is 6.55. The molecule has 42 heavy (non-hydrogen) atoms. The van der Waals surface area contributed by atoms with Crippen LogP contribution in [0.1, 0.15) is 61.9 Å². The second kappa shape index (κ2) is 9.99. The fraction of sp³-hybridized carbons (Fsp3) is 0.211. The number of furan rings is 1. The lowest BCUT2D eigenvalue weighted by Gasteiger charge is -2.24. The highest BCUT2D eigenvalue weighted by Crippen LogP contribution is 2.43. The monoisotopic (exact) mass is 549 g/mol. The van der Waals surface area contributed by atoms with Crippen LogP contribution in [0, 0.1) is 13.8 Å². The number of hydrogen-bond acceptors (Lipinski definition) is 3. The molecule has 0 saturated heterocycles. The highest BCUT2D eigenvalue weighted by atomic mass is 16.3. The van der Waals surface area contributed by atoms with E-state index in [0.717, 1.165) is 44.5 Å². The molecule has 4 heteroatoms. The smallest absolute Gasteiger partial charge is 0.227 e. The van der Waals surface area contributed by atoms with Crippen molar-refractivity contribution in [3.05, 3.63) is 113 Å². The third-order valence-corrected chi connectivity index (χ3v) is 8.38. The molecule has 0 bridgehead atoms. The fourth-order valence-electron chi connectivity index (χ4n) is 6.24. The molecule has 0 amide bonds. The second-order valence-electron chi connectivity index (χ2n) is 12.0. The Kier molecular flexibility index (Phi) is 6.23. The summed E-state index contributed by atoms with van der Waals surface area (Å²) in [5.74, 6) is 1.48. The zero-order chi connectivity index (χ0) is 29.1. The van der Waals surface area contributed by atoms with Gasteiger partial charge >= 0.3 is 0 Å². The Bertz CT molecular complexity index is 2080. The van der Waals surface area contributed by atoms with E-state index in [2.05, 4.69) is 130 Å². The summed E-state index contributed by atoms with van der Waals surface area (Å²) in [6, 6.07) is 32.4. The summed E-state index contributed by atoms with van der Waals surface area (Å²) in [4.78, 5) is 10.0. The van der Waals surface area contributed by atoms with E-state index in [-0.39, 0.29) is 0 Å². The predicted octanol–water partition coefficient (Wildman–Crippen LogP) is 10.5. The van der Waals surface area contributed by atoms with Gasteiger partial charge in [0.2, 0.25) is 5.71 Å². The van der Waals surface area contributed by atoms with Gasteiger partial charge in [-0.3, -0.25) is 4.57 Å². The molecule has 3 aromatic heterocycles. The Morgan fingerprint density at radius 2 is 1.38 bits per heavy atom. The van der Waals surface area contributed by atoms with Gasteiger partial charge in [0.1, 0.15) is 11.4 Å². The van der Waals surface area contributed by atoms with Crippen LogP contribution in [0.2, 0.25) is 0 Å². The van der Waals surface area contributed by atoms with E-state index in [1.807, 2.05) is 6.92 Å². The predicted molar refractivity (Wildman–Crippen MR) is 175 cm³/mol. The van der Waals surface area contributed by atoms with E-state index >= 15 is 0 Å². The number of benzene rings is 4. The lowest BCUT2D eigenvalue weighted by molar-refractivity contribution is 0.653. The van der Waals surface area contributed by atoms with Crippen LogP contribution in [0.25, 0.3) is 61.3 Å². The van der Waals surface area contributed by atoms with Gasteiger partial charge in [-0.15, -0.1) is 0 Å². The Morgan fingerprint density at radius 1 is 0.690 bits per heavy atom. The number of pyridine rings is 1. The van der Waals surface area contributed by atoms with Crippen molar-refractivity contribution in [3.8, 4) is 28.2 Å². The third-order valence-electron chi connectivity index (χ3n) is 8.38. The first-order valence-corrected chi connectivity index (χ1v) is 14.8. The molecular weight excluding hydrogens is 514 g/mol. The quantitative estimate of drug-likeness (QED) is 0.214. The lowest BCUT2D eigenvalue weighted by Crippen LogP contribution is -2.09. The Balaban J connectivity index is 1.60. The van der Waals surface area contributed by atoms with Gasteiger partial charge in [-0.2, -0.15) is 0 Å². The van der Waals surface area contributed by atoms with Gasteiger partial charge in [0.05, 0.1) is 22.3 Å². The van der Waals surface area contributed by atoms with Crippen molar-refractivity contribution in [3.63, 3.8) is 0 Å². The molecule has 3 heterocycles. The van der Waals surface area contributed by atoms with Crippen molar-refractivity contribution in [2.24, 2.45) is 0 Å². The molecule has 0 radical (unpaired) electrons. The van der Waals surface area contributed by atoms with Crippen LogP contribution in [0.4, 0.5) is 0 Å². The van der Waals surface area contributed by atoms with Gasteiger partial charge in [0, 0.05) is 16.5 Å². The van der Waals surface area contributed by atoms with Crippen molar-refractivity contribution >= 4 is 33.1 Å². The minimum Gasteiger partial charge on any atom is -0.437 e. The van der Waals surface area contributed by atoms with E-state index in [4.69, 9.17) is 14.4 Å². The van der Waals surface area contributed by atoms with Gasteiger partial charge in [-0.25, -0.2) is 9.97 Å². The second-order valence-corrected chi connectivity index (χ2v) is 12.0. The minimum absolute atomic E-state index is 0.298. The first kappa shape index (κ1) is 26.2. The largest absolute Gasteiger partial charge is 0.437 e. The molecule has 0 spiro atoms. The third kappa shape index (κ3) is 4.13. The van der Waals surface area contributed by atoms with Gasteiger partial charge in [-0.1, -0.05) is 76.2 Å². The average Bonchev–Trinajstić information content (AvgIpc) is 3.56. The van der Waals surface area contributed by atoms with Gasteiger partial charge in [0.25, 0.3) is 0 Å². The number of aromatic nitrogens is 3. The standard InChI is InChI=1S/C38H35N3O/c1-22(2)30-20-27(26-12-8-7-9-13-26)21-31(23(3)4)35(30)41-33-15-11-10-14-32(33)40-37(41)29-18-16-24(5)34-28-19-17-25(6)39-38(28)42-36(29)34/h7-23H,1-6H3. The number of para-hydroxylation sites is 2. The van der Waals surface area contributed by atoms with E-state index in [0.29, 0.717) is 17.5 Å². The lowest BCUT2D eigenvalue weighted by atomic mass is 9.88. The summed E-state index contributed by atoms with van der Waals surface area (Å²) >= 11 is 0. The van der Waals surface area contributed by atoms with Crippen LogP contribution in [-0.4, -0.2) is 14.5 Å². The van der Waals surface area contributed by atoms with Crippen LogP contribution in [0.15, 0.2) is 95.4 Å². The molecular formula is C38H35N3O. The molecule has 0 unspecified atom stereocenters. The fourth-order valence-corrected chi connectivity index (χ4v) is 6.24. The van der Waals surface area contributed by atoms with Gasteiger partial charge < -0.3 is 4.42 Å². The number of rotatable bonds is 5. The van der Waals surface area contributed by atoms with Crippen molar-refractivity contribution in [1.82, 2.24) is 14.5 Å². The van der Waals surface area contributed by atoms with Crippen molar-refractivity contribution in [2.75, 3.05) is 0 Å². The molecule has 0 fully saturated rings. The Hall–Kier alpha value is -4.70. The number of hydrogen-bond donors (Lipinski definition) is 0. The van der Waals surface area contributed by atoms with Gasteiger partial charge in [0.15, 0.2) is 0 Å². The summed E-state index contributed by atoms with van der Waals surface area (Å²) in [5, 5.41) is 2.14. The molecule has 4 aromatic carbocycles. The highest BCUT2D eigenvalue weighted by Gasteiger charge is 2.26. The molecule has 0 aliphatic rings. The Morgan fingerprint density at radius 3 is 2.10 bits per heavy atom. The molecule has 0 aliphatic carbocycles.